The van der Waals surface area contributed by atoms with E-state index in [1.54, 1.807) is 0 Å². The van der Waals surface area contributed by atoms with Crippen LogP contribution in [0.2, 0.25) is 0 Å². The molecule has 0 atom stereocenters. The van der Waals surface area contributed by atoms with E-state index in [0.717, 1.165) is 0 Å². The van der Waals surface area contributed by atoms with Crippen LogP contribution in [0.25, 0.3) is 32.7 Å². The molecule has 0 aliphatic carbocycles. The Hall–Kier alpha value is -3.73. The van der Waals surface area contributed by atoms with Gasteiger partial charge in [-0.2, -0.15) is 0 Å². The lowest BCUT2D eigenvalue weighted by Gasteiger charge is -2.26. The fourth-order valence-electron chi connectivity index (χ4n) is 5.38. The molecule has 0 fully saturated rings. The minimum absolute atomic E-state index is 0.764. The monoisotopic (exact) mass is 480 g/mol. The molecule has 0 amide bonds. The van der Waals surface area contributed by atoms with E-state index >= 15 is 0 Å². The molecule has 0 aliphatic rings. The lowest BCUT2D eigenvalue weighted by Crippen LogP contribution is -2.23. The molecule has 0 bridgehead atoms. The van der Waals surface area contributed by atoms with E-state index in [-0.39, 0.29) is 0 Å². The van der Waals surface area contributed by atoms with E-state index in [0.29, 0.717) is 0 Å². The molecule has 0 N–H and O–H groups in total. The Bertz CT molecular complexity index is 1680. The summed E-state index contributed by atoms with van der Waals surface area (Å²) in [6.45, 7) is 6.65. The summed E-state index contributed by atoms with van der Waals surface area (Å²) in [6, 6.07) is 45.1. The van der Waals surface area contributed by atoms with Crippen LogP contribution in [0.1, 0.15) is 16.7 Å². The normalized spacial score (nSPS) is 11.4. The Morgan fingerprint density at radius 2 is 0.972 bits per heavy atom. The van der Waals surface area contributed by atoms with Crippen LogP contribution < -0.4 is 15.9 Å². The zero-order chi connectivity index (χ0) is 24.6. The maximum Gasteiger partial charge on any atom is -0.00128 e. The van der Waals surface area contributed by atoms with Gasteiger partial charge in [0.15, 0.2) is 0 Å². The van der Waals surface area contributed by atoms with E-state index < -0.39 is 7.92 Å². The highest BCUT2D eigenvalue weighted by molar-refractivity contribution is 7.80. The molecule has 0 heterocycles. The quantitative estimate of drug-likeness (QED) is 0.222. The molecule has 0 spiro atoms. The number of aryl methyl sites for hydroxylation is 3. The summed E-state index contributed by atoms with van der Waals surface area (Å²) in [7, 11) is -0.764. The lowest BCUT2D eigenvalue weighted by molar-refractivity contribution is 1.49. The lowest BCUT2D eigenvalue weighted by atomic mass is 9.90. The topological polar surface area (TPSA) is 0 Å². The number of fused-ring (bicyclic) bond motifs is 2. The summed E-state index contributed by atoms with van der Waals surface area (Å²) in [6.07, 6.45) is 0. The zero-order valence-electron chi connectivity index (χ0n) is 21.0. The second-order valence-corrected chi connectivity index (χ2v) is 11.9. The fourth-order valence-corrected chi connectivity index (χ4v) is 8.05. The molecular formula is C35H29P. The van der Waals surface area contributed by atoms with Crippen molar-refractivity contribution in [1.82, 2.24) is 0 Å². The number of rotatable bonds is 4. The predicted octanol–water partition coefficient (Wildman–Crippen LogP) is 8.34. The average Bonchev–Trinajstić information content (AvgIpc) is 2.89. The molecule has 36 heavy (non-hydrogen) atoms. The second kappa shape index (κ2) is 9.38. The summed E-state index contributed by atoms with van der Waals surface area (Å²) < 4.78 is 0. The Morgan fingerprint density at radius 1 is 0.444 bits per heavy atom. The molecule has 0 aromatic heterocycles. The summed E-state index contributed by atoms with van der Waals surface area (Å²) >= 11 is 0. The van der Waals surface area contributed by atoms with Gasteiger partial charge in [-0.3, -0.25) is 0 Å². The first-order valence-corrected chi connectivity index (χ1v) is 13.9. The Labute approximate surface area is 215 Å². The van der Waals surface area contributed by atoms with Crippen molar-refractivity contribution < 1.29 is 0 Å². The van der Waals surface area contributed by atoms with Crippen molar-refractivity contribution in [2.75, 3.05) is 0 Å². The SMILES string of the molecule is Cc1cccc(P(c2cccc(C)c2)c2ccc3ccccc3c2-c2c(C)ccc3ccccc23)c1. The van der Waals surface area contributed by atoms with Crippen molar-refractivity contribution in [3.63, 3.8) is 0 Å². The second-order valence-electron chi connectivity index (χ2n) is 9.67. The van der Waals surface area contributed by atoms with Gasteiger partial charge in [0.1, 0.15) is 0 Å². The van der Waals surface area contributed by atoms with Gasteiger partial charge in [-0.05, 0) is 82.8 Å². The van der Waals surface area contributed by atoms with Gasteiger partial charge in [0.05, 0.1) is 0 Å². The first-order chi connectivity index (χ1) is 17.6. The first kappa shape index (κ1) is 22.7. The van der Waals surface area contributed by atoms with Crippen LogP contribution in [0, 0.1) is 20.8 Å². The van der Waals surface area contributed by atoms with Crippen LogP contribution in [0.5, 0.6) is 0 Å². The van der Waals surface area contributed by atoms with Crippen molar-refractivity contribution in [3.8, 4) is 11.1 Å². The molecule has 6 rings (SSSR count). The maximum atomic E-state index is 2.40. The highest BCUT2D eigenvalue weighted by Gasteiger charge is 2.24. The van der Waals surface area contributed by atoms with Gasteiger partial charge in [-0.15, -0.1) is 0 Å². The van der Waals surface area contributed by atoms with E-state index in [1.807, 2.05) is 0 Å². The first-order valence-electron chi connectivity index (χ1n) is 12.5. The summed E-state index contributed by atoms with van der Waals surface area (Å²) in [4.78, 5) is 0. The molecule has 1 heteroatoms. The average molecular weight is 481 g/mol. The highest BCUT2D eigenvalue weighted by Crippen LogP contribution is 2.43. The van der Waals surface area contributed by atoms with Gasteiger partial charge in [-0.25, -0.2) is 0 Å². The minimum Gasteiger partial charge on any atom is -0.0616 e. The van der Waals surface area contributed by atoms with Crippen LogP contribution in [-0.2, 0) is 0 Å². The Kier molecular flexibility index (Phi) is 5.92. The molecule has 0 unspecified atom stereocenters. The van der Waals surface area contributed by atoms with Crippen LogP contribution >= 0.6 is 7.92 Å². The molecule has 174 valence electrons. The van der Waals surface area contributed by atoms with Crippen LogP contribution in [-0.4, -0.2) is 0 Å². The molecule has 0 saturated carbocycles. The molecule has 0 aliphatic heterocycles. The van der Waals surface area contributed by atoms with E-state index in [4.69, 9.17) is 0 Å². The molecular weight excluding hydrogens is 451 g/mol. The zero-order valence-corrected chi connectivity index (χ0v) is 21.9. The molecule has 0 saturated heterocycles. The predicted molar refractivity (Wildman–Crippen MR) is 160 cm³/mol. The molecule has 6 aromatic rings. The highest BCUT2D eigenvalue weighted by atomic mass is 31.1. The smallest absolute Gasteiger partial charge is 0.00128 e. The van der Waals surface area contributed by atoms with Crippen LogP contribution in [0.4, 0.5) is 0 Å². The van der Waals surface area contributed by atoms with Gasteiger partial charge >= 0.3 is 0 Å². The third-order valence-corrected chi connectivity index (χ3v) is 9.50. The van der Waals surface area contributed by atoms with Crippen molar-refractivity contribution >= 4 is 45.4 Å². The van der Waals surface area contributed by atoms with Crippen molar-refractivity contribution in [2.24, 2.45) is 0 Å². The van der Waals surface area contributed by atoms with Gasteiger partial charge in [0.25, 0.3) is 0 Å². The largest absolute Gasteiger partial charge is 0.0616 e. The maximum absolute atomic E-state index is 2.40. The van der Waals surface area contributed by atoms with Gasteiger partial charge in [0, 0.05) is 0 Å². The van der Waals surface area contributed by atoms with Crippen molar-refractivity contribution in [3.05, 3.63) is 138 Å². The summed E-state index contributed by atoms with van der Waals surface area (Å²) in [5, 5.41) is 9.41. The third-order valence-electron chi connectivity index (χ3n) is 7.06. The fraction of sp³-hybridized carbons (Fsp3) is 0.0857. The Morgan fingerprint density at radius 3 is 1.56 bits per heavy atom. The summed E-state index contributed by atoms with van der Waals surface area (Å²) in [5.74, 6) is 0. The number of hydrogen-bond acceptors (Lipinski definition) is 0. The van der Waals surface area contributed by atoms with Crippen LogP contribution in [0.15, 0.2) is 121 Å². The molecule has 0 radical (unpaired) electrons. The number of benzene rings is 6. The third kappa shape index (κ3) is 4.02. The molecule has 0 nitrogen and oxygen atoms in total. The van der Waals surface area contributed by atoms with Gasteiger partial charge in [-0.1, -0.05) is 132 Å². The standard InChI is InChI=1S/C35H29P/c1-24-10-8-14-29(22-24)36(30-15-9-11-25(2)23-30)33-21-20-28-13-5-7-17-32(28)35(33)34-26(3)18-19-27-12-4-6-16-31(27)34/h4-23H,1-3H3. The van der Waals surface area contributed by atoms with E-state index in [1.165, 1.54) is 65.3 Å². The minimum atomic E-state index is -0.764. The van der Waals surface area contributed by atoms with E-state index in [2.05, 4.69) is 142 Å². The van der Waals surface area contributed by atoms with E-state index in [9.17, 15) is 0 Å². The molecule has 6 aromatic carbocycles. The van der Waals surface area contributed by atoms with Crippen LogP contribution in [0.3, 0.4) is 0 Å². The number of hydrogen-bond donors (Lipinski definition) is 0. The van der Waals surface area contributed by atoms with Crippen molar-refractivity contribution in [2.45, 2.75) is 20.8 Å². The summed E-state index contributed by atoms with van der Waals surface area (Å²) in [5.41, 5.74) is 6.65. The van der Waals surface area contributed by atoms with Gasteiger partial charge < -0.3 is 0 Å². The Balaban J connectivity index is 1.76. The van der Waals surface area contributed by atoms with Gasteiger partial charge in [0.2, 0.25) is 0 Å². The van der Waals surface area contributed by atoms with Crippen molar-refractivity contribution in [1.29, 1.82) is 0 Å².